The van der Waals surface area contributed by atoms with Gasteiger partial charge in [0.15, 0.2) is 0 Å². The molecule has 6 aromatic rings. The molecule has 2 fully saturated rings. The highest BCUT2D eigenvalue weighted by Gasteiger charge is 2.36. The van der Waals surface area contributed by atoms with Gasteiger partial charge in [0.25, 0.3) is 11.8 Å². The molecule has 0 unspecified atom stereocenters. The largest absolute Gasteiger partial charge is 0.397 e. The zero-order valence-electron chi connectivity index (χ0n) is 36.1. The monoisotopic (exact) mass is 894 g/mol. The van der Waals surface area contributed by atoms with Gasteiger partial charge in [0.2, 0.25) is 11.8 Å². The molecule has 2 aliphatic heterocycles. The lowest BCUT2D eigenvalue weighted by atomic mass is 9.88. The lowest BCUT2D eigenvalue weighted by Crippen LogP contribution is -2.56. The van der Waals surface area contributed by atoms with Gasteiger partial charge in [-0.2, -0.15) is 0 Å². The minimum atomic E-state index is -0.894. The standard InChI is InChI=1S/2C25H26FN5O2/c2*26-19-6-1-16(2-7-19)18-5-10-21(27)22(15-18)31-23(32)17-3-8-20(9-4-17)30-24(33)25(28)11-13-29-14-12-25/h2*1-10,15,29H,11-14,27-28H2,(H,30,33)(H,31,32). The predicted octanol–water partition coefficient (Wildman–Crippen LogP) is 6.69. The van der Waals surface area contributed by atoms with E-state index >= 15 is 0 Å². The molecule has 14 N–H and O–H groups in total. The van der Waals surface area contributed by atoms with Crippen LogP contribution in [0, 0.1) is 11.6 Å². The van der Waals surface area contributed by atoms with E-state index in [1.165, 1.54) is 24.3 Å². The molecule has 0 aliphatic carbocycles. The van der Waals surface area contributed by atoms with Gasteiger partial charge in [0, 0.05) is 22.5 Å². The molecule has 2 heterocycles. The van der Waals surface area contributed by atoms with Crippen molar-refractivity contribution in [2.45, 2.75) is 36.8 Å². The Morgan fingerprint density at radius 3 is 1.09 bits per heavy atom. The van der Waals surface area contributed by atoms with E-state index in [1.54, 1.807) is 97.1 Å². The first-order valence-corrected chi connectivity index (χ1v) is 21.4. The third kappa shape index (κ3) is 11.6. The van der Waals surface area contributed by atoms with Crippen molar-refractivity contribution < 1.29 is 28.0 Å². The summed E-state index contributed by atoms with van der Waals surface area (Å²) in [7, 11) is 0. The lowest BCUT2D eigenvalue weighted by molar-refractivity contribution is -0.122. The van der Waals surface area contributed by atoms with Gasteiger partial charge in [0.1, 0.15) is 11.6 Å². The maximum absolute atomic E-state index is 13.2. The topological polar surface area (TPSA) is 245 Å². The van der Waals surface area contributed by atoms with E-state index in [0.717, 1.165) is 22.3 Å². The molecule has 0 aromatic heterocycles. The highest BCUT2D eigenvalue weighted by molar-refractivity contribution is 6.08. The molecule has 16 heteroatoms. The molecule has 8 rings (SSSR count). The Kier molecular flexibility index (Phi) is 14.5. The van der Waals surface area contributed by atoms with Gasteiger partial charge >= 0.3 is 0 Å². The smallest absolute Gasteiger partial charge is 0.255 e. The number of halogens is 2. The van der Waals surface area contributed by atoms with Crippen molar-refractivity contribution in [3.8, 4) is 22.3 Å². The number of amides is 4. The second-order valence-electron chi connectivity index (χ2n) is 16.4. The van der Waals surface area contributed by atoms with E-state index in [4.69, 9.17) is 22.9 Å². The average Bonchev–Trinajstić information content (AvgIpc) is 3.32. The van der Waals surface area contributed by atoms with Crippen LogP contribution in [0.5, 0.6) is 0 Å². The molecule has 6 aromatic carbocycles. The van der Waals surface area contributed by atoms with Crippen molar-refractivity contribution in [1.29, 1.82) is 0 Å². The fourth-order valence-corrected chi connectivity index (χ4v) is 7.48. The molecule has 0 atom stereocenters. The Labute approximate surface area is 380 Å². The van der Waals surface area contributed by atoms with Crippen LogP contribution in [0.3, 0.4) is 0 Å². The average molecular weight is 895 g/mol. The summed E-state index contributed by atoms with van der Waals surface area (Å²) in [5.41, 5.74) is 29.7. The molecule has 2 aliphatic rings. The molecule has 0 radical (unpaired) electrons. The Hall–Kier alpha value is -7.50. The number of rotatable bonds is 10. The summed E-state index contributed by atoms with van der Waals surface area (Å²) in [6.45, 7) is 2.81. The maximum atomic E-state index is 13.2. The van der Waals surface area contributed by atoms with Gasteiger partial charge < -0.3 is 54.8 Å². The molecule has 0 saturated carbocycles. The van der Waals surface area contributed by atoms with Crippen molar-refractivity contribution >= 4 is 57.8 Å². The molecule has 0 bridgehead atoms. The number of carbonyl (C=O) groups excluding carboxylic acids is 4. The normalized spacial score (nSPS) is 15.0. The van der Waals surface area contributed by atoms with Gasteiger partial charge in [-0.05, 0) is 171 Å². The Balaban J connectivity index is 0.000000196. The van der Waals surface area contributed by atoms with Crippen molar-refractivity contribution in [3.05, 3.63) is 156 Å². The van der Waals surface area contributed by atoms with Crippen LogP contribution in [0.2, 0.25) is 0 Å². The second kappa shape index (κ2) is 20.6. The molecule has 66 heavy (non-hydrogen) atoms. The van der Waals surface area contributed by atoms with E-state index < -0.39 is 11.1 Å². The number of nitrogens with two attached hydrogens (primary N) is 4. The number of carbonyl (C=O) groups is 4. The van der Waals surface area contributed by atoms with Crippen molar-refractivity contribution in [3.63, 3.8) is 0 Å². The van der Waals surface area contributed by atoms with Gasteiger partial charge in [-0.15, -0.1) is 0 Å². The van der Waals surface area contributed by atoms with Crippen LogP contribution in [0.4, 0.5) is 42.9 Å². The first kappa shape index (κ1) is 46.5. The number of anilines is 6. The summed E-state index contributed by atoms with van der Waals surface area (Å²) in [6.07, 6.45) is 2.27. The fraction of sp³-hybridized carbons (Fsp3) is 0.200. The van der Waals surface area contributed by atoms with Crippen LogP contribution in [-0.4, -0.2) is 60.9 Å². The quantitative estimate of drug-likeness (QED) is 0.0653. The Morgan fingerprint density at radius 1 is 0.439 bits per heavy atom. The van der Waals surface area contributed by atoms with Crippen LogP contribution in [0.25, 0.3) is 22.3 Å². The van der Waals surface area contributed by atoms with Crippen molar-refractivity contribution in [2.75, 3.05) is 58.9 Å². The molecule has 4 amide bonds. The highest BCUT2D eigenvalue weighted by Crippen LogP contribution is 2.30. The van der Waals surface area contributed by atoms with Crippen LogP contribution in [0.15, 0.2) is 133 Å². The van der Waals surface area contributed by atoms with E-state index in [-0.39, 0.29) is 35.3 Å². The number of hydrogen-bond donors (Lipinski definition) is 10. The van der Waals surface area contributed by atoms with Crippen LogP contribution in [-0.2, 0) is 9.59 Å². The summed E-state index contributed by atoms with van der Waals surface area (Å²) in [6, 6.07) is 35.8. The van der Waals surface area contributed by atoms with Crippen LogP contribution >= 0.6 is 0 Å². The van der Waals surface area contributed by atoms with E-state index in [0.29, 0.717) is 97.1 Å². The zero-order valence-corrected chi connectivity index (χ0v) is 36.1. The summed E-state index contributed by atoms with van der Waals surface area (Å²) in [5.74, 6) is -1.79. The Bertz CT molecular complexity index is 2500. The third-order valence-corrected chi connectivity index (χ3v) is 11.7. The second-order valence-corrected chi connectivity index (χ2v) is 16.4. The van der Waals surface area contributed by atoms with Crippen LogP contribution in [0.1, 0.15) is 46.4 Å². The summed E-state index contributed by atoms with van der Waals surface area (Å²) < 4.78 is 26.4. The first-order chi connectivity index (χ1) is 31.7. The lowest BCUT2D eigenvalue weighted by Gasteiger charge is -2.32. The number of nitrogens with one attached hydrogen (secondary N) is 6. The fourth-order valence-electron chi connectivity index (χ4n) is 7.48. The Morgan fingerprint density at radius 2 is 0.758 bits per heavy atom. The minimum Gasteiger partial charge on any atom is -0.397 e. The number of hydrogen-bond acceptors (Lipinski definition) is 10. The van der Waals surface area contributed by atoms with Gasteiger partial charge in [-0.3, -0.25) is 19.2 Å². The highest BCUT2D eigenvalue weighted by atomic mass is 19.1. The third-order valence-electron chi connectivity index (χ3n) is 11.7. The summed E-state index contributed by atoms with van der Waals surface area (Å²) in [5, 5.41) is 17.7. The summed E-state index contributed by atoms with van der Waals surface area (Å²) >= 11 is 0. The number of piperidine rings is 2. The van der Waals surface area contributed by atoms with Crippen LogP contribution < -0.4 is 54.8 Å². The molecular weight excluding hydrogens is 843 g/mol. The van der Waals surface area contributed by atoms with Crippen molar-refractivity contribution in [2.24, 2.45) is 11.5 Å². The van der Waals surface area contributed by atoms with Crippen molar-refractivity contribution in [1.82, 2.24) is 10.6 Å². The predicted molar refractivity (Wildman–Crippen MR) is 257 cm³/mol. The molecule has 340 valence electrons. The molecule has 0 spiro atoms. The van der Waals surface area contributed by atoms with E-state index in [1.807, 2.05) is 12.1 Å². The molecule has 14 nitrogen and oxygen atoms in total. The maximum Gasteiger partial charge on any atom is 0.255 e. The van der Waals surface area contributed by atoms with Gasteiger partial charge in [0.05, 0.1) is 33.8 Å². The van der Waals surface area contributed by atoms with E-state index in [2.05, 4.69) is 31.9 Å². The SMILES string of the molecule is Nc1ccc(-c2ccc(F)cc2)cc1NC(=O)c1ccc(NC(=O)C2(N)CCNCC2)cc1.Nc1ccc(-c2ccc(F)cc2)cc1NC(=O)c1ccc(NC(=O)C2(N)CCNCC2)cc1. The first-order valence-electron chi connectivity index (χ1n) is 21.4. The number of nitrogen functional groups attached to an aromatic ring is 2. The summed E-state index contributed by atoms with van der Waals surface area (Å²) in [4.78, 5) is 50.7. The van der Waals surface area contributed by atoms with E-state index in [9.17, 15) is 28.0 Å². The zero-order chi connectivity index (χ0) is 46.8. The minimum absolute atomic E-state index is 0.230. The molecular formula is C50H52F2N10O4. The number of benzene rings is 6. The van der Waals surface area contributed by atoms with Gasteiger partial charge in [-0.1, -0.05) is 36.4 Å². The van der Waals surface area contributed by atoms with Gasteiger partial charge in [-0.25, -0.2) is 8.78 Å². The molecule has 2 saturated heterocycles.